The number of carbonyl (C=O) groups excluding carboxylic acids is 1. The highest BCUT2D eigenvalue weighted by atomic mass is 127. The summed E-state index contributed by atoms with van der Waals surface area (Å²) in [6, 6.07) is -0.151. The van der Waals surface area contributed by atoms with Crippen LogP contribution in [0.4, 0.5) is 4.79 Å². The zero-order valence-electron chi connectivity index (χ0n) is 11.5. The monoisotopic (exact) mass is 356 g/mol. The average Bonchev–Trinajstić information content (AvgIpc) is 2.15. The fourth-order valence-electron chi connectivity index (χ4n) is 1.31. The number of rotatable bonds is 7. The minimum absolute atomic E-state index is 0.0791. The molecule has 17 heavy (non-hydrogen) atoms. The molecule has 0 saturated heterocycles. The van der Waals surface area contributed by atoms with Gasteiger partial charge in [0.1, 0.15) is 0 Å². The van der Waals surface area contributed by atoms with Gasteiger partial charge in [-0.2, -0.15) is 0 Å². The Labute approximate surface area is 118 Å². The van der Waals surface area contributed by atoms with Crippen LogP contribution in [0.5, 0.6) is 0 Å². The Kier molecular flexibility index (Phi) is 7.39. The minimum Gasteiger partial charge on any atom is -0.375 e. The Morgan fingerprint density at radius 3 is 2.29 bits per heavy atom. The molecule has 0 aromatic heterocycles. The van der Waals surface area contributed by atoms with Gasteiger partial charge in [0.25, 0.3) is 0 Å². The SMILES string of the molecule is CNC(=O)NC(C)(C)CCOC(C)(C)CCI. The van der Waals surface area contributed by atoms with Gasteiger partial charge in [-0.15, -0.1) is 0 Å². The molecule has 0 aliphatic rings. The summed E-state index contributed by atoms with van der Waals surface area (Å²) in [6.45, 7) is 8.85. The van der Waals surface area contributed by atoms with Crippen molar-refractivity contribution in [2.75, 3.05) is 18.1 Å². The molecule has 0 bridgehead atoms. The predicted molar refractivity (Wildman–Crippen MR) is 79.8 cm³/mol. The Morgan fingerprint density at radius 1 is 1.24 bits per heavy atom. The molecule has 0 aromatic carbocycles. The molecule has 2 N–H and O–H groups in total. The fourth-order valence-corrected chi connectivity index (χ4v) is 2.61. The van der Waals surface area contributed by atoms with E-state index in [1.165, 1.54) is 0 Å². The average molecular weight is 356 g/mol. The van der Waals surface area contributed by atoms with Gasteiger partial charge in [-0.25, -0.2) is 4.79 Å². The van der Waals surface area contributed by atoms with E-state index in [9.17, 15) is 4.79 Å². The molecule has 102 valence electrons. The van der Waals surface area contributed by atoms with Crippen molar-refractivity contribution in [1.82, 2.24) is 10.6 Å². The van der Waals surface area contributed by atoms with E-state index in [-0.39, 0.29) is 17.2 Å². The van der Waals surface area contributed by atoms with E-state index in [0.29, 0.717) is 6.61 Å². The van der Waals surface area contributed by atoms with Gasteiger partial charge >= 0.3 is 6.03 Å². The van der Waals surface area contributed by atoms with Gasteiger partial charge in [0.2, 0.25) is 0 Å². The van der Waals surface area contributed by atoms with Gasteiger partial charge in [-0.1, -0.05) is 22.6 Å². The van der Waals surface area contributed by atoms with Crippen LogP contribution < -0.4 is 10.6 Å². The van der Waals surface area contributed by atoms with Crippen LogP contribution in [0, 0.1) is 0 Å². The van der Waals surface area contributed by atoms with Crippen LogP contribution in [0.3, 0.4) is 0 Å². The molecule has 5 heteroatoms. The summed E-state index contributed by atoms with van der Waals surface area (Å²) in [5.41, 5.74) is -0.329. The Bertz CT molecular complexity index is 243. The molecule has 2 amide bonds. The maximum atomic E-state index is 11.2. The number of halogens is 1. The van der Waals surface area contributed by atoms with Crippen LogP contribution >= 0.6 is 22.6 Å². The number of hydrogen-bond donors (Lipinski definition) is 2. The summed E-state index contributed by atoms with van der Waals surface area (Å²) < 4.78 is 6.93. The first-order chi connectivity index (χ1) is 7.72. The van der Waals surface area contributed by atoms with E-state index in [2.05, 4.69) is 47.1 Å². The summed E-state index contributed by atoms with van der Waals surface area (Å²) in [6.07, 6.45) is 1.84. The number of amides is 2. The van der Waals surface area contributed by atoms with Crippen LogP contribution in [-0.2, 0) is 4.74 Å². The number of urea groups is 1. The van der Waals surface area contributed by atoms with Crippen molar-refractivity contribution in [3.05, 3.63) is 0 Å². The summed E-state index contributed by atoms with van der Waals surface area (Å²) in [5, 5.41) is 5.45. The van der Waals surface area contributed by atoms with Crippen molar-refractivity contribution in [2.24, 2.45) is 0 Å². The van der Waals surface area contributed by atoms with E-state index >= 15 is 0 Å². The molecule has 4 nitrogen and oxygen atoms in total. The normalized spacial score (nSPS) is 12.4. The summed E-state index contributed by atoms with van der Waals surface area (Å²) >= 11 is 2.36. The van der Waals surface area contributed by atoms with E-state index in [4.69, 9.17) is 4.74 Å². The number of carbonyl (C=O) groups is 1. The van der Waals surface area contributed by atoms with Gasteiger partial charge in [0.15, 0.2) is 0 Å². The molecule has 0 aromatic rings. The molecule has 0 atom stereocenters. The fraction of sp³-hybridized carbons (Fsp3) is 0.917. The smallest absolute Gasteiger partial charge is 0.314 e. The molecule has 0 rings (SSSR count). The highest BCUT2D eigenvalue weighted by Crippen LogP contribution is 2.18. The third-order valence-corrected chi connectivity index (χ3v) is 3.13. The second-order valence-corrected chi connectivity index (χ2v) is 6.46. The minimum atomic E-state index is -0.250. The lowest BCUT2D eigenvalue weighted by atomic mass is 10.0. The summed E-state index contributed by atoms with van der Waals surface area (Å²) in [5.74, 6) is 0. The first kappa shape index (κ1) is 17.0. The molecule has 0 spiro atoms. The first-order valence-corrected chi connectivity index (χ1v) is 7.45. The van der Waals surface area contributed by atoms with Gasteiger partial charge in [0.05, 0.1) is 5.60 Å². The standard InChI is InChI=1S/C12H25IN2O2/c1-11(2,15-10(16)14-5)7-9-17-12(3,4)6-8-13/h6-9H2,1-5H3,(H2,14,15,16). The van der Waals surface area contributed by atoms with Crippen molar-refractivity contribution in [2.45, 2.75) is 51.7 Å². The number of hydrogen-bond acceptors (Lipinski definition) is 2. The predicted octanol–water partition coefficient (Wildman–Crippen LogP) is 2.70. The quantitative estimate of drug-likeness (QED) is 0.544. The molecular formula is C12H25IN2O2. The van der Waals surface area contributed by atoms with Crippen LogP contribution in [0.2, 0.25) is 0 Å². The second-order valence-electron chi connectivity index (χ2n) is 5.39. The van der Waals surface area contributed by atoms with Crippen LogP contribution in [0.1, 0.15) is 40.5 Å². The topological polar surface area (TPSA) is 50.4 Å². The van der Waals surface area contributed by atoms with Crippen LogP contribution in [0.25, 0.3) is 0 Å². The zero-order valence-corrected chi connectivity index (χ0v) is 13.7. The van der Waals surface area contributed by atoms with Gasteiger partial charge in [-0.05, 0) is 40.5 Å². The summed E-state index contributed by atoms with van der Waals surface area (Å²) in [7, 11) is 1.62. The second kappa shape index (κ2) is 7.41. The molecular weight excluding hydrogens is 331 g/mol. The Balaban J connectivity index is 3.98. The summed E-state index contributed by atoms with van der Waals surface area (Å²) in [4.78, 5) is 11.2. The van der Waals surface area contributed by atoms with E-state index in [1.807, 2.05) is 13.8 Å². The van der Waals surface area contributed by atoms with Gasteiger partial charge in [0, 0.05) is 23.6 Å². The van der Waals surface area contributed by atoms with Crippen LogP contribution in [0.15, 0.2) is 0 Å². The number of alkyl halides is 1. The van der Waals surface area contributed by atoms with Crippen LogP contribution in [-0.4, -0.2) is 35.3 Å². The Hall–Kier alpha value is -0.0400. The number of nitrogens with one attached hydrogen (secondary N) is 2. The van der Waals surface area contributed by atoms with Crippen molar-refractivity contribution in [1.29, 1.82) is 0 Å². The lowest BCUT2D eigenvalue weighted by Gasteiger charge is -2.29. The molecule has 0 aliphatic carbocycles. The zero-order chi connectivity index (χ0) is 13.5. The molecule has 0 aliphatic heterocycles. The third kappa shape index (κ3) is 8.65. The van der Waals surface area contributed by atoms with Crippen molar-refractivity contribution in [3.8, 4) is 0 Å². The maximum Gasteiger partial charge on any atom is 0.314 e. The third-order valence-electron chi connectivity index (χ3n) is 2.60. The highest BCUT2D eigenvalue weighted by Gasteiger charge is 2.22. The molecule has 0 radical (unpaired) electrons. The molecule has 0 saturated carbocycles. The van der Waals surface area contributed by atoms with Gasteiger partial charge in [-0.3, -0.25) is 0 Å². The van der Waals surface area contributed by atoms with E-state index in [1.54, 1.807) is 7.05 Å². The molecule has 0 fully saturated rings. The lowest BCUT2D eigenvalue weighted by molar-refractivity contribution is -0.0256. The van der Waals surface area contributed by atoms with Gasteiger partial charge < -0.3 is 15.4 Å². The van der Waals surface area contributed by atoms with E-state index in [0.717, 1.165) is 17.3 Å². The maximum absolute atomic E-state index is 11.2. The largest absolute Gasteiger partial charge is 0.375 e. The molecule has 0 unspecified atom stereocenters. The lowest BCUT2D eigenvalue weighted by Crippen LogP contribution is -2.48. The Morgan fingerprint density at radius 2 is 1.82 bits per heavy atom. The first-order valence-electron chi connectivity index (χ1n) is 5.92. The number of ether oxygens (including phenoxy) is 1. The van der Waals surface area contributed by atoms with Crippen molar-refractivity contribution < 1.29 is 9.53 Å². The van der Waals surface area contributed by atoms with Crippen molar-refractivity contribution >= 4 is 28.6 Å². The van der Waals surface area contributed by atoms with Crippen molar-refractivity contribution in [3.63, 3.8) is 0 Å². The highest BCUT2D eigenvalue weighted by molar-refractivity contribution is 14.1. The van der Waals surface area contributed by atoms with E-state index < -0.39 is 0 Å². The molecule has 0 heterocycles.